The first-order chi connectivity index (χ1) is 7.25. The normalized spacial score (nSPS) is 22.7. The van der Waals surface area contributed by atoms with Crippen LogP contribution in [-0.2, 0) is 11.2 Å². The first-order valence-corrected chi connectivity index (χ1v) is 6.70. The highest BCUT2D eigenvalue weighted by Crippen LogP contribution is 2.25. The Kier molecular flexibility index (Phi) is 3.57. The summed E-state index contributed by atoms with van der Waals surface area (Å²) in [5, 5.41) is 2.20. The van der Waals surface area contributed by atoms with Crippen LogP contribution in [0.5, 0.6) is 0 Å². The molecule has 1 aromatic rings. The standard InChI is InChI=1S/C13H18OS/c1-10-7-11(9-15-10)8-12-5-3-2-4-6-13(12)14/h7,9,12H,2-6,8H2,1H3. The lowest BCUT2D eigenvalue weighted by atomic mass is 9.92. The van der Waals surface area contributed by atoms with E-state index in [-0.39, 0.29) is 0 Å². The maximum Gasteiger partial charge on any atom is 0.136 e. The summed E-state index contributed by atoms with van der Waals surface area (Å²) in [6.45, 7) is 2.13. The van der Waals surface area contributed by atoms with Crippen molar-refractivity contribution in [2.45, 2.75) is 45.4 Å². The zero-order valence-electron chi connectivity index (χ0n) is 9.29. The zero-order chi connectivity index (χ0) is 10.7. The van der Waals surface area contributed by atoms with Gasteiger partial charge in [0.05, 0.1) is 0 Å². The van der Waals surface area contributed by atoms with Crippen LogP contribution in [0.3, 0.4) is 0 Å². The zero-order valence-corrected chi connectivity index (χ0v) is 10.1. The van der Waals surface area contributed by atoms with Gasteiger partial charge >= 0.3 is 0 Å². The molecule has 0 bridgehead atoms. The summed E-state index contributed by atoms with van der Waals surface area (Å²) in [4.78, 5) is 13.2. The molecular weight excluding hydrogens is 204 g/mol. The van der Waals surface area contributed by atoms with E-state index < -0.39 is 0 Å². The van der Waals surface area contributed by atoms with Gasteiger partial charge in [0.1, 0.15) is 5.78 Å². The average Bonchev–Trinajstić information content (AvgIpc) is 2.50. The van der Waals surface area contributed by atoms with Gasteiger partial charge in [0.2, 0.25) is 0 Å². The van der Waals surface area contributed by atoms with Crippen molar-refractivity contribution in [1.29, 1.82) is 0 Å². The van der Waals surface area contributed by atoms with E-state index in [0.717, 1.165) is 25.7 Å². The van der Waals surface area contributed by atoms with Gasteiger partial charge in [-0.3, -0.25) is 4.79 Å². The highest BCUT2D eigenvalue weighted by atomic mass is 32.1. The second kappa shape index (κ2) is 4.93. The lowest BCUT2D eigenvalue weighted by Gasteiger charge is -2.11. The van der Waals surface area contributed by atoms with Crippen molar-refractivity contribution in [2.24, 2.45) is 5.92 Å². The Bertz CT molecular complexity index is 340. The summed E-state index contributed by atoms with van der Waals surface area (Å²) in [7, 11) is 0. The number of carbonyl (C=O) groups is 1. The number of Topliss-reactive ketones (excluding diaryl/α,β-unsaturated/α-hetero) is 1. The number of rotatable bonds is 2. The van der Waals surface area contributed by atoms with E-state index in [1.54, 1.807) is 11.3 Å². The number of thiophene rings is 1. The first kappa shape index (κ1) is 10.9. The van der Waals surface area contributed by atoms with Gasteiger partial charge in [0, 0.05) is 17.2 Å². The third-order valence-electron chi connectivity index (χ3n) is 3.20. The average molecular weight is 222 g/mol. The lowest BCUT2D eigenvalue weighted by molar-refractivity contribution is -0.122. The fourth-order valence-corrected chi connectivity index (χ4v) is 3.06. The molecular formula is C13H18OS. The van der Waals surface area contributed by atoms with E-state index in [0.29, 0.717) is 11.7 Å². The molecule has 0 saturated heterocycles. The minimum absolute atomic E-state index is 0.307. The molecule has 2 rings (SSSR count). The largest absolute Gasteiger partial charge is 0.299 e. The third-order valence-corrected chi connectivity index (χ3v) is 4.11. The van der Waals surface area contributed by atoms with Crippen molar-refractivity contribution < 1.29 is 4.79 Å². The van der Waals surface area contributed by atoms with Crippen molar-refractivity contribution >= 4 is 17.1 Å². The van der Waals surface area contributed by atoms with Gasteiger partial charge < -0.3 is 0 Å². The SMILES string of the molecule is Cc1cc(CC2CCCCCC2=O)cs1. The topological polar surface area (TPSA) is 17.1 Å². The Morgan fingerprint density at radius 3 is 3.00 bits per heavy atom. The third kappa shape index (κ3) is 2.91. The van der Waals surface area contributed by atoms with Crippen molar-refractivity contribution in [3.05, 3.63) is 21.9 Å². The van der Waals surface area contributed by atoms with Crippen molar-refractivity contribution in [3.8, 4) is 0 Å². The molecule has 1 aliphatic rings. The minimum atomic E-state index is 0.307. The fourth-order valence-electron chi connectivity index (χ4n) is 2.34. The van der Waals surface area contributed by atoms with Gasteiger partial charge in [-0.15, -0.1) is 11.3 Å². The summed E-state index contributed by atoms with van der Waals surface area (Å²) >= 11 is 1.79. The van der Waals surface area contributed by atoms with Crippen LogP contribution < -0.4 is 0 Å². The summed E-state index contributed by atoms with van der Waals surface area (Å²) < 4.78 is 0. The fraction of sp³-hybridized carbons (Fsp3) is 0.615. The molecule has 1 heterocycles. The Labute approximate surface area is 95.5 Å². The van der Waals surface area contributed by atoms with Crippen LogP contribution in [0, 0.1) is 12.8 Å². The van der Waals surface area contributed by atoms with Gasteiger partial charge in [-0.1, -0.05) is 12.8 Å². The summed E-state index contributed by atoms with van der Waals surface area (Å²) in [6.07, 6.45) is 6.48. The number of carbonyl (C=O) groups excluding carboxylic acids is 1. The summed E-state index contributed by atoms with van der Waals surface area (Å²) in [6, 6.07) is 2.23. The molecule has 15 heavy (non-hydrogen) atoms. The van der Waals surface area contributed by atoms with E-state index in [2.05, 4.69) is 18.4 Å². The van der Waals surface area contributed by atoms with Crippen LogP contribution >= 0.6 is 11.3 Å². The van der Waals surface area contributed by atoms with Gasteiger partial charge in [-0.05, 0) is 43.2 Å². The highest BCUT2D eigenvalue weighted by molar-refractivity contribution is 7.10. The van der Waals surface area contributed by atoms with Crippen molar-refractivity contribution in [2.75, 3.05) is 0 Å². The van der Waals surface area contributed by atoms with Crippen LogP contribution in [0.2, 0.25) is 0 Å². The molecule has 0 N–H and O–H groups in total. The molecule has 0 aliphatic heterocycles. The van der Waals surface area contributed by atoms with Gasteiger partial charge in [0.15, 0.2) is 0 Å². The number of hydrogen-bond donors (Lipinski definition) is 0. The Morgan fingerprint density at radius 1 is 1.40 bits per heavy atom. The first-order valence-electron chi connectivity index (χ1n) is 5.82. The number of hydrogen-bond acceptors (Lipinski definition) is 2. The van der Waals surface area contributed by atoms with Gasteiger partial charge in [0.25, 0.3) is 0 Å². The number of aryl methyl sites for hydroxylation is 1. The Morgan fingerprint density at radius 2 is 2.27 bits per heavy atom. The second-order valence-electron chi connectivity index (χ2n) is 4.53. The maximum absolute atomic E-state index is 11.8. The van der Waals surface area contributed by atoms with E-state index in [9.17, 15) is 4.79 Å². The Hall–Kier alpha value is -0.630. The van der Waals surface area contributed by atoms with E-state index in [1.165, 1.54) is 23.3 Å². The van der Waals surface area contributed by atoms with Crippen molar-refractivity contribution in [3.63, 3.8) is 0 Å². The molecule has 0 spiro atoms. The molecule has 1 fully saturated rings. The van der Waals surface area contributed by atoms with E-state index in [1.807, 2.05) is 0 Å². The second-order valence-corrected chi connectivity index (χ2v) is 5.65. The summed E-state index contributed by atoms with van der Waals surface area (Å²) in [5.41, 5.74) is 1.36. The molecule has 0 radical (unpaired) electrons. The highest BCUT2D eigenvalue weighted by Gasteiger charge is 2.21. The Balaban J connectivity index is 2.00. The summed E-state index contributed by atoms with van der Waals surface area (Å²) in [5.74, 6) is 0.804. The van der Waals surface area contributed by atoms with Crippen LogP contribution in [0.25, 0.3) is 0 Å². The van der Waals surface area contributed by atoms with Crippen LogP contribution in [-0.4, -0.2) is 5.78 Å². The molecule has 0 amide bonds. The van der Waals surface area contributed by atoms with Gasteiger partial charge in [-0.2, -0.15) is 0 Å². The number of ketones is 1. The van der Waals surface area contributed by atoms with E-state index >= 15 is 0 Å². The molecule has 1 unspecified atom stereocenters. The molecule has 0 aromatic carbocycles. The van der Waals surface area contributed by atoms with Crippen LogP contribution in [0.4, 0.5) is 0 Å². The minimum Gasteiger partial charge on any atom is -0.299 e. The van der Waals surface area contributed by atoms with E-state index in [4.69, 9.17) is 0 Å². The van der Waals surface area contributed by atoms with Crippen LogP contribution in [0.1, 0.15) is 42.5 Å². The van der Waals surface area contributed by atoms with Crippen LogP contribution in [0.15, 0.2) is 11.4 Å². The van der Waals surface area contributed by atoms with Crippen molar-refractivity contribution in [1.82, 2.24) is 0 Å². The molecule has 1 atom stereocenters. The quantitative estimate of drug-likeness (QED) is 0.696. The smallest absolute Gasteiger partial charge is 0.136 e. The predicted octanol–water partition coefficient (Wildman–Crippen LogP) is 3.75. The maximum atomic E-state index is 11.8. The van der Waals surface area contributed by atoms with Gasteiger partial charge in [-0.25, -0.2) is 0 Å². The molecule has 82 valence electrons. The predicted molar refractivity (Wildman–Crippen MR) is 64.3 cm³/mol. The molecule has 1 nitrogen and oxygen atoms in total. The molecule has 1 aliphatic carbocycles. The lowest BCUT2D eigenvalue weighted by Crippen LogP contribution is -2.14. The monoisotopic (exact) mass is 222 g/mol. The molecule has 1 saturated carbocycles. The molecule has 2 heteroatoms. The molecule has 1 aromatic heterocycles.